The van der Waals surface area contributed by atoms with Crippen molar-refractivity contribution in [3.63, 3.8) is 0 Å². The molecule has 1 aliphatic rings. The minimum Gasteiger partial charge on any atom is -0.322 e. The van der Waals surface area contributed by atoms with Gasteiger partial charge in [-0.3, -0.25) is 10.4 Å². The molecule has 35 heavy (non-hydrogen) atoms. The van der Waals surface area contributed by atoms with Gasteiger partial charge < -0.3 is 4.57 Å². The Morgan fingerprint density at radius 2 is 1.74 bits per heavy atom. The predicted molar refractivity (Wildman–Crippen MR) is 136 cm³/mol. The molecule has 7 nitrogen and oxygen atoms in total. The average Bonchev–Trinajstić information content (AvgIpc) is 3.60. The Kier molecular flexibility index (Phi) is 5.86. The highest BCUT2D eigenvalue weighted by Gasteiger charge is 2.53. The van der Waals surface area contributed by atoms with E-state index in [1.165, 1.54) is 0 Å². The molecule has 178 valence electrons. The number of aromatic nitrogens is 3. The lowest BCUT2D eigenvalue weighted by atomic mass is 9.96. The Morgan fingerprint density at radius 1 is 1.03 bits per heavy atom. The first-order valence-corrected chi connectivity index (χ1v) is 12.0. The summed E-state index contributed by atoms with van der Waals surface area (Å²) in [6.45, 7) is 6.34. The molecule has 5 rings (SSSR count). The Bertz CT molecular complexity index is 1370. The number of amides is 3. The number of H-pyrrole nitrogens is 1. The lowest BCUT2D eigenvalue weighted by Crippen LogP contribution is -2.60. The van der Waals surface area contributed by atoms with Crippen molar-refractivity contribution in [1.29, 1.82) is 0 Å². The molecule has 2 atom stereocenters. The number of hydrogen-bond donors (Lipinski definition) is 2. The summed E-state index contributed by atoms with van der Waals surface area (Å²) < 4.78 is 1.70. The summed E-state index contributed by atoms with van der Waals surface area (Å²) in [6.07, 6.45) is 5.49. The molecular weight excluding hydrogens is 438 g/mol. The van der Waals surface area contributed by atoms with E-state index in [-0.39, 0.29) is 22.5 Å². The van der Waals surface area contributed by atoms with Crippen molar-refractivity contribution in [2.75, 3.05) is 11.9 Å². The highest BCUT2D eigenvalue weighted by Crippen LogP contribution is 2.36. The molecule has 4 aromatic rings. The molecule has 3 amide bonds. The molecule has 0 saturated carbocycles. The number of aromatic amines is 1. The number of likely N-dealkylation sites (tertiary alicyclic amines) is 1. The minimum absolute atomic E-state index is 0.138. The van der Waals surface area contributed by atoms with Gasteiger partial charge in [-0.1, -0.05) is 30.3 Å². The summed E-state index contributed by atoms with van der Waals surface area (Å²) in [5.41, 5.74) is 5.52. The van der Waals surface area contributed by atoms with Crippen molar-refractivity contribution in [1.82, 2.24) is 14.8 Å². The molecule has 0 bridgehead atoms. The summed E-state index contributed by atoms with van der Waals surface area (Å²) >= 11 is 0. The van der Waals surface area contributed by atoms with Crippen LogP contribution in [-0.2, 0) is 0 Å². The number of nitrogens with one attached hydrogen (secondary N) is 2. The van der Waals surface area contributed by atoms with Crippen LogP contribution in [0.2, 0.25) is 0 Å². The van der Waals surface area contributed by atoms with Crippen LogP contribution in [0.25, 0.3) is 16.8 Å². The van der Waals surface area contributed by atoms with Gasteiger partial charge >= 0.3 is 11.9 Å². The molecule has 2 N–H and O–H groups in total. The number of carbonyl (C=O) groups is 2. The van der Waals surface area contributed by atoms with E-state index in [4.69, 9.17) is 0 Å². The Hall–Kier alpha value is -3.97. The number of rotatable bonds is 4. The quantitative estimate of drug-likeness (QED) is 0.369. The van der Waals surface area contributed by atoms with Gasteiger partial charge in [0.2, 0.25) is 0 Å². The number of anilines is 1. The van der Waals surface area contributed by atoms with Gasteiger partial charge in [-0.2, -0.15) is 9.58 Å². The SMILES string of the molecule is Cc1n[nH]c(C)c1-c1ccccc1C(=O)[N+]1(C(=O)Nc2ccccc2-n2cccc2)CCC[C@H]1C. The Balaban J connectivity index is 1.57. The summed E-state index contributed by atoms with van der Waals surface area (Å²) in [5.74, 6) is -0.179. The number of hydrogen-bond acceptors (Lipinski definition) is 3. The highest BCUT2D eigenvalue weighted by atomic mass is 16.2. The average molecular weight is 469 g/mol. The summed E-state index contributed by atoms with van der Waals surface area (Å²) in [6, 6.07) is 18.6. The molecule has 7 heteroatoms. The van der Waals surface area contributed by atoms with Crippen molar-refractivity contribution >= 4 is 17.6 Å². The van der Waals surface area contributed by atoms with Gasteiger partial charge in [0.1, 0.15) is 6.04 Å². The van der Waals surface area contributed by atoms with Crippen LogP contribution < -0.4 is 5.32 Å². The number of nitrogens with zero attached hydrogens (tertiary/aromatic N) is 3. The van der Waals surface area contributed by atoms with Gasteiger partial charge in [-0.25, -0.2) is 9.59 Å². The molecule has 0 aliphatic carbocycles. The number of aryl methyl sites for hydroxylation is 2. The van der Waals surface area contributed by atoms with E-state index >= 15 is 0 Å². The summed E-state index contributed by atoms with van der Waals surface area (Å²) in [4.78, 5) is 28.4. The van der Waals surface area contributed by atoms with Crippen LogP contribution in [0.5, 0.6) is 0 Å². The van der Waals surface area contributed by atoms with Crippen LogP contribution >= 0.6 is 0 Å². The lowest BCUT2D eigenvalue weighted by Gasteiger charge is -2.33. The molecule has 0 spiro atoms. The second kappa shape index (κ2) is 9.00. The second-order valence-corrected chi connectivity index (χ2v) is 9.28. The number of urea groups is 1. The third-order valence-electron chi connectivity index (χ3n) is 7.19. The first-order chi connectivity index (χ1) is 16.9. The van der Waals surface area contributed by atoms with E-state index < -0.39 is 0 Å². The van der Waals surface area contributed by atoms with Crippen LogP contribution in [0.1, 0.15) is 41.5 Å². The van der Waals surface area contributed by atoms with E-state index in [1.54, 1.807) is 0 Å². The number of quaternary nitrogens is 1. The maximum atomic E-state index is 14.3. The molecule has 1 aliphatic heterocycles. The zero-order valence-electron chi connectivity index (χ0n) is 20.3. The molecule has 0 radical (unpaired) electrons. The van der Waals surface area contributed by atoms with Gasteiger partial charge in [0.15, 0.2) is 0 Å². The van der Waals surface area contributed by atoms with Crippen molar-refractivity contribution in [3.05, 3.63) is 90.0 Å². The first kappa shape index (κ1) is 22.8. The normalized spacial score (nSPS) is 19.6. The van der Waals surface area contributed by atoms with Crippen molar-refractivity contribution in [2.24, 2.45) is 0 Å². The van der Waals surface area contributed by atoms with Gasteiger partial charge in [-0.05, 0) is 51.1 Å². The van der Waals surface area contributed by atoms with E-state index in [1.807, 2.05) is 98.4 Å². The third kappa shape index (κ3) is 3.78. The molecule has 3 heterocycles. The lowest BCUT2D eigenvalue weighted by molar-refractivity contribution is -0.775. The monoisotopic (exact) mass is 468 g/mol. The summed E-state index contributed by atoms with van der Waals surface area (Å²) in [7, 11) is 0. The van der Waals surface area contributed by atoms with Crippen LogP contribution in [0.15, 0.2) is 73.1 Å². The molecule has 2 aromatic carbocycles. The van der Waals surface area contributed by atoms with Crippen LogP contribution in [0.4, 0.5) is 10.5 Å². The number of benzene rings is 2. The van der Waals surface area contributed by atoms with Crippen molar-refractivity contribution in [2.45, 2.75) is 39.7 Å². The van der Waals surface area contributed by atoms with E-state index in [0.29, 0.717) is 17.8 Å². The van der Waals surface area contributed by atoms with Gasteiger partial charge in [-0.15, -0.1) is 0 Å². The third-order valence-corrected chi connectivity index (χ3v) is 7.19. The number of imide groups is 1. The molecular formula is C28H30N5O2+. The van der Waals surface area contributed by atoms with Crippen LogP contribution in [0.3, 0.4) is 0 Å². The number of carbonyl (C=O) groups excluding carboxylic acids is 2. The Labute approximate surface area is 205 Å². The zero-order valence-corrected chi connectivity index (χ0v) is 20.3. The predicted octanol–water partition coefficient (Wildman–Crippen LogP) is 5.86. The van der Waals surface area contributed by atoms with Crippen molar-refractivity contribution < 1.29 is 14.1 Å². The largest absolute Gasteiger partial charge is 0.429 e. The van der Waals surface area contributed by atoms with E-state index in [9.17, 15) is 9.59 Å². The highest BCUT2D eigenvalue weighted by molar-refractivity contribution is 6.04. The first-order valence-electron chi connectivity index (χ1n) is 12.0. The van der Waals surface area contributed by atoms with Gasteiger partial charge in [0, 0.05) is 42.1 Å². The fraction of sp³-hybridized carbons (Fsp3) is 0.250. The van der Waals surface area contributed by atoms with E-state index in [0.717, 1.165) is 41.0 Å². The van der Waals surface area contributed by atoms with Crippen molar-refractivity contribution in [3.8, 4) is 16.8 Å². The standard InChI is InChI=1S/C28H29N5O2/c1-19-11-10-18-33(19,28(35)29-24-14-6-7-15-25(24)32-16-8-9-17-32)27(34)23-13-5-4-12-22(23)26-20(2)30-31-21(26)3/h4-9,12-17,19H,10-11,18H2,1-3H3,(H-,29,30,31,34,35)/p+1/t19-,33?/m1/s1. The second-order valence-electron chi connectivity index (χ2n) is 9.28. The van der Waals surface area contributed by atoms with E-state index in [2.05, 4.69) is 15.5 Å². The molecule has 1 unspecified atom stereocenters. The summed E-state index contributed by atoms with van der Waals surface area (Å²) in [5, 5.41) is 10.5. The maximum absolute atomic E-state index is 14.3. The van der Waals surface area contributed by atoms with Crippen LogP contribution in [0, 0.1) is 13.8 Å². The maximum Gasteiger partial charge on any atom is 0.429 e. The van der Waals surface area contributed by atoms with Gasteiger partial charge in [0.25, 0.3) is 0 Å². The molecule has 1 saturated heterocycles. The van der Waals surface area contributed by atoms with Crippen LogP contribution in [-0.4, -0.2) is 43.8 Å². The smallest absolute Gasteiger partial charge is 0.322 e. The zero-order chi connectivity index (χ0) is 24.6. The fourth-order valence-electron chi connectivity index (χ4n) is 5.34. The number of para-hydroxylation sites is 2. The fourth-order valence-corrected chi connectivity index (χ4v) is 5.34. The Morgan fingerprint density at radius 3 is 2.43 bits per heavy atom. The minimum atomic E-state index is -0.296. The molecule has 2 aromatic heterocycles. The molecule has 1 fully saturated rings. The topological polar surface area (TPSA) is 79.8 Å². The van der Waals surface area contributed by atoms with Gasteiger partial charge in [0.05, 0.1) is 29.2 Å².